The van der Waals surface area contributed by atoms with Gasteiger partial charge in [-0.1, -0.05) is 36.4 Å². The van der Waals surface area contributed by atoms with Crippen LogP contribution >= 0.6 is 11.9 Å². The summed E-state index contributed by atoms with van der Waals surface area (Å²) in [5, 5.41) is 3.81. The van der Waals surface area contributed by atoms with E-state index in [0.29, 0.717) is 29.9 Å². The predicted octanol–water partition coefficient (Wildman–Crippen LogP) is 7.01. The molecule has 1 aliphatic rings. The molecule has 2 aromatic heterocycles. The maximum absolute atomic E-state index is 14.4. The van der Waals surface area contributed by atoms with Crippen molar-refractivity contribution in [3.63, 3.8) is 0 Å². The van der Waals surface area contributed by atoms with Gasteiger partial charge in [0, 0.05) is 42.6 Å². The molecule has 1 fully saturated rings. The third-order valence-corrected chi connectivity index (χ3v) is 7.85. The quantitative estimate of drug-likeness (QED) is 0.145. The van der Waals surface area contributed by atoms with Crippen molar-refractivity contribution in [1.82, 2.24) is 19.6 Å². The third kappa shape index (κ3) is 9.13. The first-order valence-electron chi connectivity index (χ1n) is 14.4. The molecule has 0 spiro atoms. The summed E-state index contributed by atoms with van der Waals surface area (Å²) in [6.07, 6.45) is 2.66. The number of carbonyl (C=O) groups is 2. The summed E-state index contributed by atoms with van der Waals surface area (Å²) >= 11 is 0.938. The van der Waals surface area contributed by atoms with Gasteiger partial charge in [-0.25, -0.2) is 9.78 Å². The second kappa shape index (κ2) is 13.7. The monoisotopic (exact) mass is 611 g/mol. The van der Waals surface area contributed by atoms with Gasteiger partial charge in [-0.3, -0.25) is 9.52 Å². The summed E-state index contributed by atoms with van der Waals surface area (Å²) in [6.45, 7) is 11.1. The molecule has 0 radical (unpaired) electrons. The van der Waals surface area contributed by atoms with E-state index in [2.05, 4.69) is 33.9 Å². The highest BCUT2D eigenvalue weighted by molar-refractivity contribution is 7.97. The molecule has 1 atom stereocenters. The van der Waals surface area contributed by atoms with Crippen LogP contribution in [0.25, 0.3) is 0 Å². The third-order valence-electron chi connectivity index (χ3n) is 7.12. The topological polar surface area (TPSA) is 96.5 Å². The molecule has 43 heavy (non-hydrogen) atoms. The first kappa shape index (κ1) is 32.2. The van der Waals surface area contributed by atoms with Crippen molar-refractivity contribution < 1.29 is 23.1 Å². The second-order valence-electron chi connectivity index (χ2n) is 12.4. The number of halogens is 2. The summed E-state index contributed by atoms with van der Waals surface area (Å²) in [5.41, 5.74) is -0.175. The Labute approximate surface area is 256 Å². The zero-order valence-electron chi connectivity index (χ0n) is 25.2. The molecule has 0 saturated carbocycles. The number of carbonyl (C=O) groups excluding carboxylic acids is 2. The minimum atomic E-state index is -1.17. The number of hydrogen-bond acceptors (Lipinski definition) is 7. The van der Waals surface area contributed by atoms with Crippen LogP contribution in [0.4, 0.5) is 19.4 Å². The van der Waals surface area contributed by atoms with Crippen molar-refractivity contribution in [2.24, 2.45) is 5.92 Å². The summed E-state index contributed by atoms with van der Waals surface area (Å²) in [5.74, 6) is -1.83. The molecule has 1 unspecified atom stereocenters. The van der Waals surface area contributed by atoms with Crippen molar-refractivity contribution in [2.45, 2.75) is 76.5 Å². The van der Waals surface area contributed by atoms with Crippen LogP contribution in [-0.2, 0) is 11.2 Å². The molecule has 4 rings (SSSR count). The maximum Gasteiger partial charge on any atom is 0.410 e. The lowest BCUT2D eigenvalue weighted by Gasteiger charge is -2.33. The molecule has 2 amide bonds. The van der Waals surface area contributed by atoms with Gasteiger partial charge in [-0.15, -0.1) is 0 Å². The lowest BCUT2D eigenvalue weighted by atomic mass is 9.93. The Kier molecular flexibility index (Phi) is 10.3. The van der Waals surface area contributed by atoms with Crippen LogP contribution in [0.15, 0.2) is 59.6 Å². The van der Waals surface area contributed by atoms with Gasteiger partial charge >= 0.3 is 6.09 Å². The number of aromatic nitrogens is 2. The molecule has 8 nitrogen and oxygen atoms in total. The number of benzene rings is 1. The molecule has 0 bridgehead atoms. The normalized spacial score (nSPS) is 16.2. The number of hydrogen-bond donors (Lipinski definition) is 2. The zero-order valence-corrected chi connectivity index (χ0v) is 26.1. The average Bonchev–Trinajstić information content (AvgIpc) is 3.25. The van der Waals surface area contributed by atoms with E-state index in [9.17, 15) is 18.4 Å². The van der Waals surface area contributed by atoms with Crippen LogP contribution in [0.5, 0.6) is 0 Å². The molecule has 1 aromatic carbocycles. The molecule has 3 aromatic rings. The van der Waals surface area contributed by atoms with E-state index in [1.807, 2.05) is 62.1 Å². The van der Waals surface area contributed by atoms with Gasteiger partial charge in [0.2, 0.25) is 11.9 Å². The molecule has 0 aliphatic carbocycles. The Hall–Kier alpha value is -3.73. The number of ether oxygens (including phenoxy) is 1. The number of anilines is 1. The van der Waals surface area contributed by atoms with Gasteiger partial charge in [0.1, 0.15) is 16.4 Å². The summed E-state index contributed by atoms with van der Waals surface area (Å²) in [4.78, 5) is 35.1. The van der Waals surface area contributed by atoms with Crippen LogP contribution in [0, 0.1) is 17.8 Å². The van der Waals surface area contributed by atoms with Crippen molar-refractivity contribution in [1.29, 1.82) is 0 Å². The molecular formula is C32H39F2N5O3S. The van der Waals surface area contributed by atoms with Crippen molar-refractivity contribution in [3.05, 3.63) is 83.2 Å². The SMILES string of the molecule is CC(C)(C)OC(=O)N1CC(CCCNc2cccc(SNC(=O)c3cc(Cc4ccccc4)c(F)nc3F)n2)CC1(C)C. The van der Waals surface area contributed by atoms with E-state index in [0.717, 1.165) is 36.8 Å². The Balaban J connectivity index is 1.26. The zero-order chi connectivity index (χ0) is 31.2. The number of pyridine rings is 2. The minimum absolute atomic E-state index is 0.130. The van der Waals surface area contributed by atoms with Crippen LogP contribution in [0.3, 0.4) is 0 Å². The fourth-order valence-electron chi connectivity index (χ4n) is 5.16. The summed E-state index contributed by atoms with van der Waals surface area (Å²) < 4.78 is 36.9. The molecule has 3 heterocycles. The first-order chi connectivity index (χ1) is 20.3. The van der Waals surface area contributed by atoms with Crippen molar-refractivity contribution in [2.75, 3.05) is 18.4 Å². The Morgan fingerprint density at radius 2 is 1.81 bits per heavy atom. The number of amides is 2. The number of rotatable bonds is 10. The first-order valence-corrected chi connectivity index (χ1v) is 15.2. The van der Waals surface area contributed by atoms with E-state index < -0.39 is 23.4 Å². The second-order valence-corrected chi connectivity index (χ2v) is 13.2. The fraction of sp³-hybridized carbons (Fsp3) is 0.438. The highest BCUT2D eigenvalue weighted by atomic mass is 32.2. The van der Waals surface area contributed by atoms with Crippen LogP contribution < -0.4 is 10.0 Å². The van der Waals surface area contributed by atoms with E-state index in [1.165, 1.54) is 6.07 Å². The lowest BCUT2D eigenvalue weighted by molar-refractivity contribution is 0.0130. The van der Waals surface area contributed by atoms with Gasteiger partial charge in [0.15, 0.2) is 0 Å². The molecule has 230 valence electrons. The molecule has 1 saturated heterocycles. The Bertz CT molecular complexity index is 1430. The minimum Gasteiger partial charge on any atom is -0.444 e. The van der Waals surface area contributed by atoms with Crippen LogP contribution in [0.1, 0.15) is 75.4 Å². The van der Waals surface area contributed by atoms with Crippen molar-refractivity contribution in [3.8, 4) is 0 Å². The molecule has 2 N–H and O–H groups in total. The maximum atomic E-state index is 14.4. The van der Waals surface area contributed by atoms with Gasteiger partial charge in [0.25, 0.3) is 5.91 Å². The predicted molar refractivity (Wildman–Crippen MR) is 164 cm³/mol. The number of nitrogens with one attached hydrogen (secondary N) is 2. The van der Waals surface area contributed by atoms with E-state index >= 15 is 0 Å². The van der Waals surface area contributed by atoms with E-state index in [-0.39, 0.29) is 29.2 Å². The number of likely N-dealkylation sites (tertiary alicyclic amines) is 1. The van der Waals surface area contributed by atoms with E-state index in [4.69, 9.17) is 4.74 Å². The largest absolute Gasteiger partial charge is 0.444 e. The smallest absolute Gasteiger partial charge is 0.410 e. The van der Waals surface area contributed by atoms with Crippen LogP contribution in [0.2, 0.25) is 0 Å². The Morgan fingerprint density at radius 1 is 1.07 bits per heavy atom. The van der Waals surface area contributed by atoms with Gasteiger partial charge in [-0.2, -0.15) is 13.8 Å². The number of nitrogens with zero attached hydrogens (tertiary/aromatic N) is 3. The highest BCUT2D eigenvalue weighted by Crippen LogP contribution is 2.36. The average molecular weight is 612 g/mol. The van der Waals surface area contributed by atoms with Crippen LogP contribution in [-0.4, -0.2) is 51.1 Å². The lowest BCUT2D eigenvalue weighted by Crippen LogP contribution is -2.45. The van der Waals surface area contributed by atoms with Gasteiger partial charge in [0.05, 0.1) is 5.56 Å². The standard InChI is InChI=1S/C32H39F2N5O3S/c1-31(2,3)42-30(41)39-20-22(19-32(39,4)5)13-10-16-35-25-14-9-15-26(36-25)43-38-29(40)24-18-23(27(33)37-28(24)34)17-21-11-7-6-8-12-21/h6-9,11-12,14-15,18,22H,10,13,16-17,19-20H2,1-5H3,(H,35,36)(H,38,40). The molecule has 11 heteroatoms. The molecular weight excluding hydrogens is 572 g/mol. The van der Waals surface area contributed by atoms with Gasteiger partial charge < -0.3 is 15.0 Å². The van der Waals surface area contributed by atoms with E-state index in [1.54, 1.807) is 12.1 Å². The molecule has 1 aliphatic heterocycles. The highest BCUT2D eigenvalue weighted by Gasteiger charge is 2.42. The Morgan fingerprint density at radius 3 is 2.53 bits per heavy atom. The van der Waals surface area contributed by atoms with Gasteiger partial charge in [-0.05, 0) is 83.6 Å². The fourth-order valence-corrected chi connectivity index (χ4v) is 5.76. The summed E-state index contributed by atoms with van der Waals surface area (Å²) in [7, 11) is 0. The summed E-state index contributed by atoms with van der Waals surface area (Å²) in [6, 6.07) is 15.7. The van der Waals surface area contributed by atoms with Crippen molar-refractivity contribution >= 4 is 29.8 Å².